The summed E-state index contributed by atoms with van der Waals surface area (Å²) in [4.78, 5) is 0. The van der Waals surface area contributed by atoms with Gasteiger partial charge in [-0.3, -0.25) is 0 Å². The second kappa shape index (κ2) is 6.47. The van der Waals surface area contributed by atoms with Crippen molar-refractivity contribution in [3.8, 4) is 0 Å². The minimum atomic E-state index is -4.54. The van der Waals surface area contributed by atoms with Crippen molar-refractivity contribution >= 4 is 5.69 Å². The first-order valence-electron chi connectivity index (χ1n) is 7.46. The van der Waals surface area contributed by atoms with Crippen molar-refractivity contribution in [3.05, 3.63) is 29.6 Å². The van der Waals surface area contributed by atoms with Gasteiger partial charge in [-0.15, -0.1) is 0 Å². The molecule has 0 aromatic heterocycles. The van der Waals surface area contributed by atoms with E-state index in [1.165, 1.54) is 0 Å². The summed E-state index contributed by atoms with van der Waals surface area (Å²) in [6, 6.07) is 2.57. The fourth-order valence-electron chi connectivity index (χ4n) is 2.76. The van der Waals surface area contributed by atoms with Gasteiger partial charge in [-0.2, -0.15) is 13.2 Å². The molecule has 1 aromatic carbocycles. The first-order chi connectivity index (χ1) is 9.85. The molecule has 1 rings (SSSR count). The van der Waals surface area contributed by atoms with Gasteiger partial charge < -0.3 is 5.32 Å². The zero-order chi connectivity index (χ0) is 17.2. The maximum Gasteiger partial charge on any atom is 0.416 e. The van der Waals surface area contributed by atoms with Crippen molar-refractivity contribution in [2.75, 3.05) is 11.9 Å². The Bertz CT molecular complexity index is 502. The molecule has 0 radical (unpaired) electrons. The maximum atomic E-state index is 13.4. The van der Waals surface area contributed by atoms with Gasteiger partial charge in [-0.1, -0.05) is 34.6 Å². The van der Waals surface area contributed by atoms with Gasteiger partial charge in [0, 0.05) is 12.2 Å². The number of halogens is 4. The van der Waals surface area contributed by atoms with Gasteiger partial charge in [-0.05, 0) is 41.9 Å². The number of hydrogen-bond acceptors (Lipinski definition) is 1. The fourth-order valence-corrected chi connectivity index (χ4v) is 2.76. The summed E-state index contributed by atoms with van der Waals surface area (Å²) in [5.74, 6) is -0.883. The Labute approximate surface area is 130 Å². The van der Waals surface area contributed by atoms with Crippen LogP contribution in [-0.2, 0) is 6.18 Å². The standard InChI is InChI=1S/C17H25F4N/c1-6-16(5,10-15(2,3)4)11-22-14-8-12(17(19,20)21)7-13(18)9-14/h7-9,22H,6,10-11H2,1-5H3. The molecule has 0 saturated heterocycles. The predicted molar refractivity (Wildman–Crippen MR) is 82.4 cm³/mol. The summed E-state index contributed by atoms with van der Waals surface area (Å²) in [5, 5.41) is 2.97. The SMILES string of the molecule is CCC(C)(CNc1cc(F)cc(C(F)(F)F)c1)CC(C)(C)C. The number of benzene rings is 1. The Kier molecular flexibility index (Phi) is 5.52. The van der Waals surface area contributed by atoms with E-state index in [0.717, 1.165) is 25.0 Å². The van der Waals surface area contributed by atoms with Crippen molar-refractivity contribution in [1.29, 1.82) is 0 Å². The number of hydrogen-bond donors (Lipinski definition) is 1. The Morgan fingerprint density at radius 3 is 2.05 bits per heavy atom. The van der Waals surface area contributed by atoms with Crippen LogP contribution in [0.15, 0.2) is 18.2 Å². The van der Waals surface area contributed by atoms with Crippen LogP contribution in [-0.4, -0.2) is 6.54 Å². The summed E-state index contributed by atoms with van der Waals surface area (Å²) in [6.45, 7) is 11.0. The van der Waals surface area contributed by atoms with Gasteiger partial charge in [0.2, 0.25) is 0 Å². The van der Waals surface area contributed by atoms with E-state index in [1.807, 2.05) is 0 Å². The second-order valence-corrected chi connectivity index (χ2v) is 7.48. The molecule has 0 aliphatic carbocycles. The third kappa shape index (κ3) is 5.85. The molecule has 0 saturated carbocycles. The number of alkyl halides is 3. The van der Waals surface area contributed by atoms with Crippen LogP contribution in [0.2, 0.25) is 0 Å². The Morgan fingerprint density at radius 2 is 1.59 bits per heavy atom. The van der Waals surface area contributed by atoms with Crippen LogP contribution in [0.3, 0.4) is 0 Å². The lowest BCUT2D eigenvalue weighted by Crippen LogP contribution is -2.30. The number of anilines is 1. The zero-order valence-corrected chi connectivity index (χ0v) is 13.9. The van der Waals surface area contributed by atoms with E-state index in [-0.39, 0.29) is 16.5 Å². The van der Waals surface area contributed by atoms with Crippen molar-refractivity contribution in [2.45, 2.75) is 53.6 Å². The van der Waals surface area contributed by atoms with E-state index < -0.39 is 17.6 Å². The van der Waals surface area contributed by atoms with Crippen molar-refractivity contribution in [1.82, 2.24) is 0 Å². The van der Waals surface area contributed by atoms with Gasteiger partial charge in [-0.25, -0.2) is 4.39 Å². The third-order valence-corrected chi connectivity index (χ3v) is 3.76. The molecule has 0 amide bonds. The highest BCUT2D eigenvalue weighted by Crippen LogP contribution is 2.37. The third-order valence-electron chi connectivity index (χ3n) is 3.76. The van der Waals surface area contributed by atoms with E-state index >= 15 is 0 Å². The molecule has 126 valence electrons. The lowest BCUT2D eigenvalue weighted by Gasteiger charge is -2.35. The highest BCUT2D eigenvalue weighted by atomic mass is 19.4. The Hall–Kier alpha value is -1.26. The first-order valence-corrected chi connectivity index (χ1v) is 7.46. The molecule has 0 aliphatic heterocycles. The van der Waals surface area contributed by atoms with Crippen LogP contribution in [0.4, 0.5) is 23.2 Å². The van der Waals surface area contributed by atoms with E-state index in [1.54, 1.807) is 0 Å². The molecule has 1 N–H and O–H groups in total. The van der Waals surface area contributed by atoms with Crippen LogP contribution in [0.1, 0.15) is 53.0 Å². The summed E-state index contributed by atoms with van der Waals surface area (Å²) >= 11 is 0. The van der Waals surface area contributed by atoms with Crippen molar-refractivity contribution < 1.29 is 17.6 Å². The van der Waals surface area contributed by atoms with Gasteiger partial charge in [0.1, 0.15) is 5.82 Å². The second-order valence-electron chi connectivity index (χ2n) is 7.48. The summed E-state index contributed by atoms with van der Waals surface area (Å²) < 4.78 is 51.5. The lowest BCUT2D eigenvalue weighted by atomic mass is 9.73. The zero-order valence-electron chi connectivity index (χ0n) is 13.9. The van der Waals surface area contributed by atoms with Crippen LogP contribution >= 0.6 is 0 Å². The summed E-state index contributed by atoms with van der Waals surface area (Å²) in [6.07, 6.45) is -2.73. The summed E-state index contributed by atoms with van der Waals surface area (Å²) in [7, 11) is 0. The van der Waals surface area contributed by atoms with E-state index in [9.17, 15) is 17.6 Å². The molecule has 0 aliphatic rings. The quantitative estimate of drug-likeness (QED) is 0.646. The number of rotatable bonds is 5. The Balaban J connectivity index is 2.89. The molecule has 1 unspecified atom stereocenters. The van der Waals surface area contributed by atoms with E-state index in [2.05, 4.69) is 39.9 Å². The van der Waals surface area contributed by atoms with Gasteiger partial charge >= 0.3 is 6.18 Å². The first kappa shape index (κ1) is 18.8. The molecule has 22 heavy (non-hydrogen) atoms. The molecule has 1 atom stereocenters. The topological polar surface area (TPSA) is 12.0 Å². The lowest BCUT2D eigenvalue weighted by molar-refractivity contribution is -0.137. The van der Waals surface area contributed by atoms with E-state index in [0.29, 0.717) is 12.6 Å². The molecule has 0 fully saturated rings. The largest absolute Gasteiger partial charge is 0.416 e. The van der Waals surface area contributed by atoms with Crippen LogP contribution in [0.5, 0.6) is 0 Å². The minimum absolute atomic E-state index is 0.0665. The average Bonchev–Trinajstić information content (AvgIpc) is 2.33. The van der Waals surface area contributed by atoms with Gasteiger partial charge in [0.25, 0.3) is 0 Å². The van der Waals surface area contributed by atoms with Gasteiger partial charge in [0.05, 0.1) is 5.56 Å². The monoisotopic (exact) mass is 319 g/mol. The fraction of sp³-hybridized carbons (Fsp3) is 0.647. The predicted octanol–water partition coefficient (Wildman–Crippen LogP) is 6.11. The molecule has 0 heterocycles. The molecule has 1 nitrogen and oxygen atoms in total. The molecule has 5 heteroatoms. The Morgan fingerprint density at radius 1 is 1.00 bits per heavy atom. The van der Waals surface area contributed by atoms with Crippen LogP contribution < -0.4 is 5.32 Å². The maximum absolute atomic E-state index is 13.4. The average molecular weight is 319 g/mol. The highest BCUT2D eigenvalue weighted by molar-refractivity contribution is 5.47. The molecular formula is C17H25F4N. The molecule has 1 aromatic rings. The summed E-state index contributed by atoms with van der Waals surface area (Å²) in [5.41, 5.74) is -0.751. The van der Waals surface area contributed by atoms with Crippen LogP contribution in [0, 0.1) is 16.6 Å². The van der Waals surface area contributed by atoms with Crippen molar-refractivity contribution in [2.24, 2.45) is 10.8 Å². The smallest absolute Gasteiger partial charge is 0.384 e. The molecule has 0 spiro atoms. The van der Waals surface area contributed by atoms with Crippen molar-refractivity contribution in [3.63, 3.8) is 0 Å². The van der Waals surface area contributed by atoms with Gasteiger partial charge in [0.15, 0.2) is 0 Å². The number of nitrogens with one attached hydrogen (secondary N) is 1. The highest BCUT2D eigenvalue weighted by Gasteiger charge is 2.32. The normalized spacial score (nSPS) is 15.5. The molecule has 0 bridgehead atoms. The molecular weight excluding hydrogens is 294 g/mol. The minimum Gasteiger partial charge on any atom is -0.384 e. The van der Waals surface area contributed by atoms with Crippen LogP contribution in [0.25, 0.3) is 0 Å². The van der Waals surface area contributed by atoms with E-state index in [4.69, 9.17) is 0 Å².